The number of aromatic nitrogens is 1. The third-order valence-corrected chi connectivity index (χ3v) is 2.90. The van der Waals surface area contributed by atoms with Gasteiger partial charge < -0.3 is 10.8 Å². The summed E-state index contributed by atoms with van der Waals surface area (Å²) in [5.74, 6) is 0.716. The van der Waals surface area contributed by atoms with Gasteiger partial charge in [0.25, 0.3) is 0 Å². The van der Waals surface area contributed by atoms with Crippen molar-refractivity contribution in [2.75, 3.05) is 0 Å². The standard InChI is InChI=1S/C11H16N2O/c12-9-3-1-2-8(6-9)11-5-4-10(14)7-13-11/h4-5,7-9,14H,1-3,6,12H2. The molecule has 3 N–H and O–H groups in total. The number of pyridine rings is 1. The van der Waals surface area contributed by atoms with Crippen LogP contribution in [0.25, 0.3) is 0 Å². The molecule has 2 atom stereocenters. The van der Waals surface area contributed by atoms with Crippen LogP contribution in [0.1, 0.15) is 37.3 Å². The van der Waals surface area contributed by atoms with E-state index in [1.54, 1.807) is 6.07 Å². The molecule has 0 spiro atoms. The number of rotatable bonds is 1. The average Bonchev–Trinajstić information content (AvgIpc) is 2.19. The number of nitrogens with two attached hydrogens (primary N) is 1. The molecule has 1 aliphatic carbocycles. The second kappa shape index (κ2) is 3.96. The van der Waals surface area contributed by atoms with Gasteiger partial charge in [0.1, 0.15) is 5.75 Å². The maximum absolute atomic E-state index is 9.12. The minimum absolute atomic E-state index is 0.230. The summed E-state index contributed by atoms with van der Waals surface area (Å²) in [5.41, 5.74) is 6.98. The summed E-state index contributed by atoms with van der Waals surface area (Å²) in [6.07, 6.45) is 6.03. The number of hydrogen-bond donors (Lipinski definition) is 2. The topological polar surface area (TPSA) is 59.1 Å². The maximum atomic E-state index is 9.12. The SMILES string of the molecule is NC1CCCC(c2ccc(O)cn2)C1. The summed E-state index contributed by atoms with van der Waals surface area (Å²) < 4.78 is 0. The van der Waals surface area contributed by atoms with E-state index in [4.69, 9.17) is 10.8 Å². The van der Waals surface area contributed by atoms with Gasteiger partial charge in [-0.15, -0.1) is 0 Å². The lowest BCUT2D eigenvalue weighted by atomic mass is 9.84. The summed E-state index contributed by atoms with van der Waals surface area (Å²) in [6.45, 7) is 0. The Morgan fingerprint density at radius 3 is 2.86 bits per heavy atom. The highest BCUT2D eigenvalue weighted by Gasteiger charge is 2.21. The Morgan fingerprint density at radius 2 is 2.21 bits per heavy atom. The van der Waals surface area contributed by atoms with Crippen LogP contribution in [0.5, 0.6) is 5.75 Å². The fourth-order valence-electron chi connectivity index (χ4n) is 2.14. The molecule has 0 radical (unpaired) electrons. The van der Waals surface area contributed by atoms with Crippen LogP contribution in [-0.4, -0.2) is 16.1 Å². The lowest BCUT2D eigenvalue weighted by Crippen LogP contribution is -2.27. The molecule has 76 valence electrons. The van der Waals surface area contributed by atoms with E-state index < -0.39 is 0 Å². The van der Waals surface area contributed by atoms with Gasteiger partial charge >= 0.3 is 0 Å². The van der Waals surface area contributed by atoms with Gasteiger partial charge in [0.05, 0.1) is 6.20 Å². The molecule has 1 aromatic rings. The molecule has 1 aliphatic rings. The molecule has 0 bridgehead atoms. The van der Waals surface area contributed by atoms with Gasteiger partial charge in [-0.25, -0.2) is 0 Å². The number of aromatic hydroxyl groups is 1. The lowest BCUT2D eigenvalue weighted by molar-refractivity contribution is 0.387. The first-order chi connectivity index (χ1) is 6.75. The van der Waals surface area contributed by atoms with E-state index in [0.717, 1.165) is 18.5 Å². The van der Waals surface area contributed by atoms with Gasteiger partial charge in [-0.05, 0) is 31.4 Å². The van der Waals surface area contributed by atoms with Crippen molar-refractivity contribution in [3.8, 4) is 5.75 Å². The van der Waals surface area contributed by atoms with Crippen LogP contribution in [0.3, 0.4) is 0 Å². The fraction of sp³-hybridized carbons (Fsp3) is 0.545. The van der Waals surface area contributed by atoms with Crippen molar-refractivity contribution in [1.82, 2.24) is 4.98 Å². The van der Waals surface area contributed by atoms with Gasteiger partial charge in [-0.3, -0.25) is 4.98 Å². The summed E-state index contributed by atoms with van der Waals surface area (Å²) in [4.78, 5) is 4.23. The molecule has 3 nitrogen and oxygen atoms in total. The molecule has 1 aromatic heterocycles. The van der Waals surface area contributed by atoms with Crippen molar-refractivity contribution in [2.45, 2.75) is 37.6 Å². The van der Waals surface area contributed by atoms with Crippen molar-refractivity contribution in [2.24, 2.45) is 5.73 Å². The van der Waals surface area contributed by atoms with Crippen molar-refractivity contribution >= 4 is 0 Å². The lowest BCUT2D eigenvalue weighted by Gasteiger charge is -2.25. The average molecular weight is 192 g/mol. The van der Waals surface area contributed by atoms with E-state index in [2.05, 4.69) is 4.98 Å². The Hall–Kier alpha value is -1.09. The van der Waals surface area contributed by atoms with Gasteiger partial charge in [0.2, 0.25) is 0 Å². The minimum atomic E-state index is 0.230. The van der Waals surface area contributed by atoms with Crippen LogP contribution in [0.2, 0.25) is 0 Å². The molecule has 14 heavy (non-hydrogen) atoms. The van der Waals surface area contributed by atoms with Crippen molar-refractivity contribution in [3.63, 3.8) is 0 Å². The predicted octanol–water partition coefficient (Wildman–Crippen LogP) is 1.77. The highest BCUT2D eigenvalue weighted by Crippen LogP contribution is 2.31. The van der Waals surface area contributed by atoms with Crippen LogP contribution in [-0.2, 0) is 0 Å². The maximum Gasteiger partial charge on any atom is 0.133 e. The largest absolute Gasteiger partial charge is 0.506 e. The van der Waals surface area contributed by atoms with E-state index in [-0.39, 0.29) is 5.75 Å². The molecule has 1 fully saturated rings. The molecule has 2 unspecified atom stereocenters. The first-order valence-electron chi connectivity index (χ1n) is 5.16. The molecule has 2 rings (SSSR count). The normalized spacial score (nSPS) is 27.5. The van der Waals surface area contributed by atoms with E-state index in [1.807, 2.05) is 6.07 Å². The van der Waals surface area contributed by atoms with Gasteiger partial charge in [0, 0.05) is 17.7 Å². The van der Waals surface area contributed by atoms with E-state index in [1.165, 1.54) is 19.0 Å². The summed E-state index contributed by atoms with van der Waals surface area (Å²) in [6, 6.07) is 3.92. The number of nitrogens with zero attached hydrogens (tertiary/aromatic N) is 1. The van der Waals surface area contributed by atoms with Gasteiger partial charge in [-0.1, -0.05) is 6.42 Å². The van der Waals surface area contributed by atoms with Crippen molar-refractivity contribution < 1.29 is 5.11 Å². The fourth-order valence-corrected chi connectivity index (χ4v) is 2.14. The Balaban J connectivity index is 2.10. The first kappa shape index (κ1) is 9.46. The van der Waals surface area contributed by atoms with Crippen molar-refractivity contribution in [3.05, 3.63) is 24.0 Å². The Labute approximate surface area is 84.0 Å². The third kappa shape index (κ3) is 2.04. The molecule has 0 aromatic carbocycles. The second-order valence-electron chi connectivity index (χ2n) is 4.06. The van der Waals surface area contributed by atoms with Crippen LogP contribution in [0.4, 0.5) is 0 Å². The van der Waals surface area contributed by atoms with Crippen LogP contribution >= 0.6 is 0 Å². The van der Waals surface area contributed by atoms with E-state index in [9.17, 15) is 0 Å². The van der Waals surface area contributed by atoms with E-state index >= 15 is 0 Å². The Bertz CT molecular complexity index is 297. The smallest absolute Gasteiger partial charge is 0.133 e. The zero-order valence-corrected chi connectivity index (χ0v) is 8.19. The summed E-state index contributed by atoms with van der Waals surface area (Å²) in [5, 5.41) is 9.12. The second-order valence-corrected chi connectivity index (χ2v) is 4.06. The molecule has 0 amide bonds. The predicted molar refractivity (Wildman–Crippen MR) is 55.1 cm³/mol. The summed E-state index contributed by atoms with van der Waals surface area (Å²) in [7, 11) is 0. The highest BCUT2D eigenvalue weighted by atomic mass is 16.3. The summed E-state index contributed by atoms with van der Waals surface area (Å²) >= 11 is 0. The Morgan fingerprint density at radius 1 is 1.36 bits per heavy atom. The third-order valence-electron chi connectivity index (χ3n) is 2.90. The first-order valence-corrected chi connectivity index (χ1v) is 5.16. The molecule has 3 heteroatoms. The minimum Gasteiger partial charge on any atom is -0.506 e. The molecule has 1 saturated carbocycles. The quantitative estimate of drug-likeness (QED) is 0.713. The van der Waals surface area contributed by atoms with Gasteiger partial charge in [0.15, 0.2) is 0 Å². The number of hydrogen-bond acceptors (Lipinski definition) is 3. The monoisotopic (exact) mass is 192 g/mol. The molecule has 0 aliphatic heterocycles. The van der Waals surface area contributed by atoms with E-state index in [0.29, 0.717) is 12.0 Å². The highest BCUT2D eigenvalue weighted by molar-refractivity contribution is 5.20. The zero-order valence-electron chi connectivity index (χ0n) is 8.19. The molecule has 0 saturated heterocycles. The molecule has 1 heterocycles. The van der Waals surface area contributed by atoms with Crippen LogP contribution < -0.4 is 5.73 Å². The van der Waals surface area contributed by atoms with Gasteiger partial charge in [-0.2, -0.15) is 0 Å². The Kier molecular flexibility index (Phi) is 2.68. The molecular weight excluding hydrogens is 176 g/mol. The van der Waals surface area contributed by atoms with Crippen molar-refractivity contribution in [1.29, 1.82) is 0 Å². The molecular formula is C11H16N2O. The van der Waals surface area contributed by atoms with Crippen LogP contribution in [0.15, 0.2) is 18.3 Å². The van der Waals surface area contributed by atoms with Crippen LogP contribution in [0, 0.1) is 0 Å². The zero-order chi connectivity index (χ0) is 9.97.